The number of carbonyl (C=O) groups excluding carboxylic acids is 1. The molecule has 4 aromatic rings. The van der Waals surface area contributed by atoms with Gasteiger partial charge in [0.1, 0.15) is 0 Å². The lowest BCUT2D eigenvalue weighted by Gasteiger charge is -2.10. The molecule has 0 aliphatic heterocycles. The molecule has 2 heterocycles. The molecule has 6 nitrogen and oxygen atoms in total. The summed E-state index contributed by atoms with van der Waals surface area (Å²) in [6.07, 6.45) is 2.28. The fourth-order valence-electron chi connectivity index (χ4n) is 3.29. The maximum atomic E-state index is 12.5. The molecular formula is C20H18N4O2. The number of rotatable bonds is 3. The lowest BCUT2D eigenvalue weighted by molar-refractivity contribution is 0.102. The predicted octanol–water partition coefficient (Wildman–Crippen LogP) is 3.53. The van der Waals surface area contributed by atoms with Crippen molar-refractivity contribution in [3.8, 4) is 0 Å². The van der Waals surface area contributed by atoms with E-state index in [1.165, 1.54) is 0 Å². The second kappa shape index (κ2) is 6.15. The number of nitrogens with zero attached hydrogens (tertiary/aromatic N) is 1. The first kappa shape index (κ1) is 16.1. The lowest BCUT2D eigenvalue weighted by Crippen LogP contribution is -2.15. The third kappa shape index (κ3) is 2.65. The number of benzene rings is 2. The molecule has 2 aromatic carbocycles. The van der Waals surface area contributed by atoms with E-state index in [1.807, 2.05) is 26.0 Å². The van der Waals surface area contributed by atoms with E-state index < -0.39 is 0 Å². The van der Waals surface area contributed by atoms with Gasteiger partial charge in [0.15, 0.2) is 0 Å². The van der Waals surface area contributed by atoms with Crippen molar-refractivity contribution in [2.45, 2.75) is 20.3 Å². The van der Waals surface area contributed by atoms with Gasteiger partial charge in [-0.15, -0.1) is 0 Å². The summed E-state index contributed by atoms with van der Waals surface area (Å²) in [5.74, 6) is -0.218. The maximum absolute atomic E-state index is 12.5. The number of fused-ring (bicyclic) bond motifs is 2. The Morgan fingerprint density at radius 3 is 2.81 bits per heavy atom. The van der Waals surface area contributed by atoms with Gasteiger partial charge in [-0.2, -0.15) is 0 Å². The summed E-state index contributed by atoms with van der Waals surface area (Å²) >= 11 is 0. The van der Waals surface area contributed by atoms with Crippen LogP contribution in [0.15, 0.2) is 47.5 Å². The second-order valence-corrected chi connectivity index (χ2v) is 6.26. The Bertz CT molecular complexity index is 1200. The van der Waals surface area contributed by atoms with Gasteiger partial charge in [0.2, 0.25) is 0 Å². The molecular weight excluding hydrogens is 328 g/mol. The summed E-state index contributed by atoms with van der Waals surface area (Å²) in [7, 11) is 0. The molecule has 2 aromatic heterocycles. The van der Waals surface area contributed by atoms with Crippen LogP contribution in [-0.2, 0) is 6.42 Å². The van der Waals surface area contributed by atoms with Crippen LogP contribution in [0.2, 0.25) is 0 Å². The smallest absolute Gasteiger partial charge is 0.255 e. The summed E-state index contributed by atoms with van der Waals surface area (Å²) in [5, 5.41) is 3.86. The van der Waals surface area contributed by atoms with Gasteiger partial charge >= 0.3 is 0 Å². The van der Waals surface area contributed by atoms with Crippen LogP contribution in [0.25, 0.3) is 21.9 Å². The number of carbonyl (C=O) groups is 1. The van der Waals surface area contributed by atoms with Crippen LogP contribution in [0, 0.1) is 6.92 Å². The summed E-state index contributed by atoms with van der Waals surface area (Å²) < 4.78 is 0. The normalized spacial score (nSPS) is 11.2. The molecule has 0 fully saturated rings. The van der Waals surface area contributed by atoms with Crippen LogP contribution >= 0.6 is 0 Å². The highest BCUT2D eigenvalue weighted by Crippen LogP contribution is 2.22. The number of H-pyrrole nitrogens is 2. The third-order valence-electron chi connectivity index (χ3n) is 4.69. The van der Waals surface area contributed by atoms with Crippen molar-refractivity contribution >= 4 is 33.5 Å². The quantitative estimate of drug-likeness (QED) is 0.530. The number of aromatic nitrogens is 3. The summed E-state index contributed by atoms with van der Waals surface area (Å²) in [4.78, 5) is 34.8. The number of hydrogen-bond acceptors (Lipinski definition) is 3. The number of aromatic amines is 2. The molecule has 26 heavy (non-hydrogen) atoms. The van der Waals surface area contributed by atoms with Crippen molar-refractivity contribution in [1.29, 1.82) is 0 Å². The first-order valence-corrected chi connectivity index (χ1v) is 8.47. The summed E-state index contributed by atoms with van der Waals surface area (Å²) in [6, 6.07) is 10.9. The van der Waals surface area contributed by atoms with Gasteiger partial charge in [0.25, 0.3) is 11.5 Å². The van der Waals surface area contributed by atoms with Gasteiger partial charge in [-0.3, -0.25) is 9.59 Å². The molecule has 1 amide bonds. The van der Waals surface area contributed by atoms with E-state index in [4.69, 9.17) is 0 Å². The Morgan fingerprint density at radius 1 is 1.15 bits per heavy atom. The summed E-state index contributed by atoms with van der Waals surface area (Å²) in [6.45, 7) is 3.92. The van der Waals surface area contributed by atoms with E-state index in [9.17, 15) is 9.59 Å². The topological polar surface area (TPSA) is 90.6 Å². The Morgan fingerprint density at radius 2 is 2.00 bits per heavy atom. The minimum absolute atomic E-state index is 0.0781. The van der Waals surface area contributed by atoms with Crippen LogP contribution in [-0.4, -0.2) is 20.9 Å². The van der Waals surface area contributed by atoms with Crippen molar-refractivity contribution in [1.82, 2.24) is 15.0 Å². The monoisotopic (exact) mass is 346 g/mol. The number of nitrogens with one attached hydrogen (secondary N) is 3. The van der Waals surface area contributed by atoms with Crippen molar-refractivity contribution in [2.24, 2.45) is 0 Å². The molecule has 0 aliphatic rings. The highest BCUT2D eigenvalue weighted by Gasteiger charge is 2.11. The Labute approximate surface area is 149 Å². The number of aryl methyl sites for hydroxylation is 1. The second-order valence-electron chi connectivity index (χ2n) is 6.26. The molecule has 130 valence electrons. The molecule has 6 heteroatoms. The zero-order valence-corrected chi connectivity index (χ0v) is 14.5. The molecule has 0 saturated carbocycles. The fourth-order valence-corrected chi connectivity index (χ4v) is 3.29. The molecule has 0 saturated heterocycles. The minimum Gasteiger partial charge on any atom is -0.345 e. The first-order chi connectivity index (χ1) is 12.6. The summed E-state index contributed by atoms with van der Waals surface area (Å²) in [5.41, 5.74) is 5.20. The van der Waals surface area contributed by atoms with Gasteiger partial charge in [0.05, 0.1) is 22.9 Å². The largest absolute Gasteiger partial charge is 0.345 e. The first-order valence-electron chi connectivity index (χ1n) is 8.47. The van der Waals surface area contributed by atoms with Gasteiger partial charge < -0.3 is 15.3 Å². The third-order valence-corrected chi connectivity index (χ3v) is 4.69. The average molecular weight is 346 g/mol. The minimum atomic E-state index is -0.218. The van der Waals surface area contributed by atoms with Crippen LogP contribution in [0.4, 0.5) is 5.69 Å². The highest BCUT2D eigenvalue weighted by atomic mass is 16.1. The Balaban J connectivity index is 1.68. The van der Waals surface area contributed by atoms with Crippen molar-refractivity contribution < 1.29 is 4.79 Å². The van der Waals surface area contributed by atoms with Gasteiger partial charge in [-0.25, -0.2) is 4.98 Å². The number of amides is 1. The lowest BCUT2D eigenvalue weighted by atomic mass is 10.0. The van der Waals surface area contributed by atoms with Crippen LogP contribution in [0.3, 0.4) is 0 Å². The molecule has 0 unspecified atom stereocenters. The van der Waals surface area contributed by atoms with Crippen LogP contribution in [0.1, 0.15) is 28.4 Å². The van der Waals surface area contributed by atoms with E-state index in [0.29, 0.717) is 23.2 Å². The number of anilines is 1. The standard InChI is InChI=1S/C20H18N4O2/c1-3-14-11(2)15-6-5-13(9-17(15)24-20(14)26)23-19(25)12-4-7-16-18(8-12)22-10-21-16/h4-10H,3H2,1-2H3,(H,21,22)(H,23,25)(H,24,26). The zero-order chi connectivity index (χ0) is 18.3. The Kier molecular flexibility index (Phi) is 3.80. The van der Waals surface area contributed by atoms with E-state index >= 15 is 0 Å². The zero-order valence-electron chi connectivity index (χ0n) is 14.5. The molecule has 0 aliphatic carbocycles. The molecule has 0 bridgehead atoms. The van der Waals surface area contributed by atoms with E-state index in [-0.39, 0.29) is 11.5 Å². The van der Waals surface area contributed by atoms with Crippen molar-refractivity contribution in [3.63, 3.8) is 0 Å². The Hall–Kier alpha value is -3.41. The molecule has 4 rings (SSSR count). The number of imidazole rings is 1. The van der Waals surface area contributed by atoms with Crippen LogP contribution < -0.4 is 10.9 Å². The number of pyridine rings is 1. The van der Waals surface area contributed by atoms with Crippen molar-refractivity contribution in [3.05, 3.63) is 69.8 Å². The maximum Gasteiger partial charge on any atom is 0.255 e. The average Bonchev–Trinajstić information content (AvgIpc) is 3.09. The molecule has 0 radical (unpaired) electrons. The number of hydrogen-bond donors (Lipinski definition) is 3. The predicted molar refractivity (Wildman–Crippen MR) is 103 cm³/mol. The van der Waals surface area contributed by atoms with Crippen molar-refractivity contribution in [2.75, 3.05) is 5.32 Å². The van der Waals surface area contributed by atoms with E-state index in [0.717, 1.165) is 27.5 Å². The van der Waals surface area contributed by atoms with Gasteiger partial charge in [-0.05, 0) is 49.2 Å². The van der Waals surface area contributed by atoms with E-state index in [1.54, 1.807) is 30.6 Å². The van der Waals surface area contributed by atoms with Gasteiger partial charge in [0, 0.05) is 22.2 Å². The molecule has 0 spiro atoms. The van der Waals surface area contributed by atoms with Crippen LogP contribution in [0.5, 0.6) is 0 Å². The van der Waals surface area contributed by atoms with Gasteiger partial charge in [-0.1, -0.05) is 13.0 Å². The highest BCUT2D eigenvalue weighted by molar-refractivity contribution is 6.06. The molecule has 3 N–H and O–H groups in total. The van der Waals surface area contributed by atoms with E-state index in [2.05, 4.69) is 20.3 Å². The SMILES string of the molecule is CCc1c(C)c2ccc(NC(=O)c3ccc4nc[nH]c4c3)cc2[nH]c1=O. The molecule has 0 atom stereocenters. The fraction of sp³-hybridized carbons (Fsp3) is 0.150.